The Labute approximate surface area is 92.2 Å². The normalized spacial score (nSPS) is 14.2. The average Bonchev–Trinajstić information content (AvgIpc) is 2.29. The number of halogens is 1. The number of benzene rings is 1. The van der Waals surface area contributed by atoms with Crippen molar-refractivity contribution >= 4 is 0 Å². The van der Waals surface area contributed by atoms with Gasteiger partial charge in [-0.2, -0.15) is 5.26 Å². The summed E-state index contributed by atoms with van der Waals surface area (Å²) in [5.41, 5.74) is 0.562. The predicted molar refractivity (Wildman–Crippen MR) is 53.8 cm³/mol. The van der Waals surface area contributed by atoms with E-state index in [2.05, 4.69) is 0 Å². The van der Waals surface area contributed by atoms with Crippen molar-refractivity contribution < 1.29 is 19.7 Å². The number of hydrogen-bond acceptors (Lipinski definition) is 4. The molecule has 0 fully saturated rings. The van der Waals surface area contributed by atoms with E-state index in [9.17, 15) is 14.6 Å². The molecule has 2 unspecified atom stereocenters. The fourth-order valence-corrected chi connectivity index (χ4v) is 1.39. The van der Waals surface area contributed by atoms with Crippen LogP contribution >= 0.6 is 0 Å². The van der Waals surface area contributed by atoms with Gasteiger partial charge in [0.1, 0.15) is 18.0 Å². The van der Waals surface area contributed by atoms with Crippen molar-refractivity contribution in [2.45, 2.75) is 18.6 Å². The maximum Gasteiger partial charge on any atom is 0.123 e. The number of nitriles is 1. The summed E-state index contributed by atoms with van der Waals surface area (Å²) in [6.07, 6.45) is -2.78. The largest absolute Gasteiger partial charge is 0.394 e. The molecular weight excluding hydrogens is 213 g/mol. The lowest BCUT2D eigenvalue weighted by molar-refractivity contribution is -0.0157. The molecule has 0 saturated heterocycles. The second kappa shape index (κ2) is 5.56. The Morgan fingerprint density at radius 2 is 2.06 bits per heavy atom. The zero-order chi connectivity index (χ0) is 12.1. The molecule has 0 saturated carbocycles. The lowest BCUT2D eigenvalue weighted by atomic mass is 9.97. The van der Waals surface area contributed by atoms with E-state index in [4.69, 9.17) is 10.4 Å². The third-order valence-corrected chi connectivity index (χ3v) is 2.25. The quantitative estimate of drug-likeness (QED) is 0.687. The highest BCUT2D eigenvalue weighted by Gasteiger charge is 2.20. The second-order valence-electron chi connectivity index (χ2n) is 3.37. The van der Waals surface area contributed by atoms with Gasteiger partial charge in [0, 0.05) is 0 Å². The van der Waals surface area contributed by atoms with Crippen molar-refractivity contribution in [2.75, 3.05) is 6.61 Å². The molecule has 2 atom stereocenters. The third kappa shape index (κ3) is 2.76. The topological polar surface area (TPSA) is 84.5 Å². The van der Waals surface area contributed by atoms with Crippen molar-refractivity contribution in [1.82, 2.24) is 0 Å². The summed E-state index contributed by atoms with van der Waals surface area (Å²) in [7, 11) is 0. The molecule has 0 aliphatic heterocycles. The second-order valence-corrected chi connectivity index (χ2v) is 3.37. The first-order valence-corrected chi connectivity index (χ1v) is 4.72. The summed E-state index contributed by atoms with van der Waals surface area (Å²) in [6.45, 7) is -0.635. The highest BCUT2D eigenvalue weighted by atomic mass is 19.1. The zero-order valence-electron chi connectivity index (χ0n) is 8.47. The minimum Gasteiger partial charge on any atom is -0.394 e. The van der Waals surface area contributed by atoms with E-state index in [1.165, 1.54) is 12.1 Å². The van der Waals surface area contributed by atoms with Gasteiger partial charge in [-0.3, -0.25) is 0 Å². The average molecular weight is 225 g/mol. The van der Waals surface area contributed by atoms with Crippen LogP contribution in [0.5, 0.6) is 0 Å². The molecule has 0 amide bonds. The molecule has 0 radical (unpaired) electrons. The molecule has 0 aliphatic rings. The van der Waals surface area contributed by atoms with Crippen LogP contribution in [0.2, 0.25) is 0 Å². The van der Waals surface area contributed by atoms with Gasteiger partial charge in [0.05, 0.1) is 19.1 Å². The van der Waals surface area contributed by atoms with E-state index in [0.29, 0.717) is 5.56 Å². The number of nitrogens with zero attached hydrogens (tertiary/aromatic N) is 1. The van der Waals surface area contributed by atoms with Gasteiger partial charge in [-0.15, -0.1) is 0 Å². The van der Waals surface area contributed by atoms with Gasteiger partial charge in [0.15, 0.2) is 0 Å². The maximum atomic E-state index is 13.0. The van der Waals surface area contributed by atoms with E-state index in [1.807, 2.05) is 6.07 Å². The molecule has 1 aromatic carbocycles. The Bertz CT molecular complexity index is 403. The van der Waals surface area contributed by atoms with Gasteiger partial charge >= 0.3 is 0 Å². The number of aliphatic hydroxyl groups excluding tert-OH is 3. The summed E-state index contributed by atoms with van der Waals surface area (Å²) in [4.78, 5) is 0. The summed E-state index contributed by atoms with van der Waals surface area (Å²) >= 11 is 0. The van der Waals surface area contributed by atoms with Crippen molar-refractivity contribution in [1.29, 1.82) is 5.26 Å². The van der Waals surface area contributed by atoms with Crippen LogP contribution in [0.25, 0.3) is 0 Å². The monoisotopic (exact) mass is 225 g/mol. The highest BCUT2D eigenvalue weighted by Crippen LogP contribution is 2.22. The first-order valence-electron chi connectivity index (χ1n) is 4.72. The van der Waals surface area contributed by atoms with Crippen molar-refractivity contribution in [2.24, 2.45) is 0 Å². The van der Waals surface area contributed by atoms with Crippen LogP contribution in [0.15, 0.2) is 18.2 Å². The Kier molecular flexibility index (Phi) is 4.38. The Morgan fingerprint density at radius 1 is 1.38 bits per heavy atom. The summed E-state index contributed by atoms with van der Waals surface area (Å²) in [5.74, 6) is -0.569. The number of aliphatic hydroxyl groups is 3. The Hall–Kier alpha value is -1.48. The zero-order valence-corrected chi connectivity index (χ0v) is 8.47. The molecule has 0 heterocycles. The van der Waals surface area contributed by atoms with Gasteiger partial charge in [0.25, 0.3) is 0 Å². The van der Waals surface area contributed by atoms with Crippen LogP contribution in [0.1, 0.15) is 17.2 Å². The molecular formula is C11H12FNO3. The van der Waals surface area contributed by atoms with Crippen molar-refractivity contribution in [3.8, 4) is 6.07 Å². The van der Waals surface area contributed by atoms with E-state index < -0.39 is 24.6 Å². The standard InChI is InChI=1S/C11H12FNO3/c12-8-2-1-7(3-4-13)9(5-8)11(16)10(15)6-14/h1-2,5,10-11,14-16H,3,6H2. The minimum absolute atomic E-state index is 0.00478. The fourth-order valence-electron chi connectivity index (χ4n) is 1.39. The third-order valence-electron chi connectivity index (χ3n) is 2.25. The summed E-state index contributed by atoms with van der Waals surface area (Å²) in [6, 6.07) is 5.48. The van der Waals surface area contributed by atoms with Crippen LogP contribution in [-0.2, 0) is 6.42 Å². The van der Waals surface area contributed by atoms with Crippen LogP contribution < -0.4 is 0 Å². The van der Waals surface area contributed by atoms with E-state index in [0.717, 1.165) is 6.07 Å². The van der Waals surface area contributed by atoms with Gasteiger partial charge < -0.3 is 15.3 Å². The van der Waals surface area contributed by atoms with Gasteiger partial charge in [-0.05, 0) is 23.3 Å². The molecule has 0 aromatic heterocycles. The van der Waals surface area contributed by atoms with Crippen LogP contribution in [0.3, 0.4) is 0 Å². The van der Waals surface area contributed by atoms with Crippen LogP contribution in [0.4, 0.5) is 4.39 Å². The molecule has 1 rings (SSSR count). The first-order chi connectivity index (χ1) is 7.60. The van der Waals surface area contributed by atoms with E-state index in [1.54, 1.807) is 0 Å². The van der Waals surface area contributed by atoms with Crippen LogP contribution in [0, 0.1) is 17.1 Å². The van der Waals surface area contributed by atoms with E-state index in [-0.39, 0.29) is 12.0 Å². The summed E-state index contributed by atoms with van der Waals surface area (Å²) in [5, 5.41) is 36.1. The molecule has 4 nitrogen and oxygen atoms in total. The molecule has 3 N–H and O–H groups in total. The maximum absolute atomic E-state index is 13.0. The molecule has 0 spiro atoms. The molecule has 86 valence electrons. The number of hydrogen-bond donors (Lipinski definition) is 3. The smallest absolute Gasteiger partial charge is 0.123 e. The van der Waals surface area contributed by atoms with Gasteiger partial charge in [0.2, 0.25) is 0 Å². The Morgan fingerprint density at radius 3 is 2.62 bits per heavy atom. The minimum atomic E-state index is -1.40. The summed E-state index contributed by atoms with van der Waals surface area (Å²) < 4.78 is 13.0. The predicted octanol–water partition coefficient (Wildman–Crippen LogP) is 0.278. The molecule has 5 heteroatoms. The molecule has 0 aliphatic carbocycles. The number of rotatable bonds is 4. The molecule has 1 aromatic rings. The lowest BCUT2D eigenvalue weighted by Crippen LogP contribution is -2.23. The molecule has 16 heavy (non-hydrogen) atoms. The van der Waals surface area contributed by atoms with Gasteiger partial charge in [-0.1, -0.05) is 6.07 Å². The lowest BCUT2D eigenvalue weighted by Gasteiger charge is -2.18. The Balaban J connectivity index is 3.09. The SMILES string of the molecule is N#CCc1ccc(F)cc1C(O)C(O)CO. The first kappa shape index (κ1) is 12.6. The van der Waals surface area contributed by atoms with Gasteiger partial charge in [-0.25, -0.2) is 4.39 Å². The highest BCUT2D eigenvalue weighted by molar-refractivity contribution is 5.32. The van der Waals surface area contributed by atoms with Crippen molar-refractivity contribution in [3.63, 3.8) is 0 Å². The van der Waals surface area contributed by atoms with Crippen molar-refractivity contribution in [3.05, 3.63) is 35.1 Å². The molecule has 0 bridgehead atoms. The van der Waals surface area contributed by atoms with Crippen LogP contribution in [-0.4, -0.2) is 28.0 Å². The van der Waals surface area contributed by atoms with E-state index >= 15 is 0 Å². The fraction of sp³-hybridized carbons (Fsp3) is 0.364.